The summed E-state index contributed by atoms with van der Waals surface area (Å²) in [5.74, 6) is 0. The normalized spacial score (nSPS) is 11.6. The number of halogens is 3. The van der Waals surface area contributed by atoms with Gasteiger partial charge in [-0.25, -0.2) is 9.97 Å². The Morgan fingerprint density at radius 3 is 2.37 bits per heavy atom. The van der Waals surface area contributed by atoms with Crippen molar-refractivity contribution in [3.8, 4) is 0 Å². The Hall–Kier alpha value is -1.76. The lowest BCUT2D eigenvalue weighted by atomic mass is 10.2. The van der Waals surface area contributed by atoms with Crippen LogP contribution in [0.3, 0.4) is 0 Å². The van der Waals surface area contributed by atoms with Crippen LogP contribution < -0.4 is 5.73 Å². The van der Waals surface area contributed by atoms with Gasteiger partial charge in [0.1, 0.15) is 0 Å². The van der Waals surface area contributed by atoms with Gasteiger partial charge in [0, 0.05) is 23.0 Å². The fraction of sp³-hybridized carbons (Fsp3) is 0.167. The van der Waals surface area contributed by atoms with Crippen molar-refractivity contribution >= 4 is 17.4 Å². The summed E-state index contributed by atoms with van der Waals surface area (Å²) in [5, 5.41) is 0.265. The van der Waals surface area contributed by atoms with Crippen molar-refractivity contribution in [2.45, 2.75) is 23.2 Å². The Morgan fingerprint density at radius 1 is 1.16 bits per heavy atom. The summed E-state index contributed by atoms with van der Waals surface area (Å²) in [6.07, 6.45) is -1.35. The first-order valence-corrected chi connectivity index (χ1v) is 6.11. The van der Waals surface area contributed by atoms with E-state index in [1.807, 2.05) is 0 Å². The highest BCUT2D eigenvalue weighted by molar-refractivity contribution is 7.99. The molecule has 0 unspecified atom stereocenters. The van der Waals surface area contributed by atoms with Crippen molar-refractivity contribution in [3.05, 3.63) is 41.7 Å². The average molecular weight is 285 g/mol. The van der Waals surface area contributed by atoms with Crippen molar-refractivity contribution in [2.24, 2.45) is 0 Å². The number of nitrogens with two attached hydrogens (primary N) is 1. The lowest BCUT2D eigenvalue weighted by Gasteiger charge is -2.12. The van der Waals surface area contributed by atoms with Gasteiger partial charge in [-0.3, -0.25) is 0 Å². The molecule has 0 aliphatic rings. The molecule has 3 nitrogen and oxygen atoms in total. The summed E-state index contributed by atoms with van der Waals surface area (Å²) < 4.78 is 38.7. The van der Waals surface area contributed by atoms with E-state index in [9.17, 15) is 13.2 Å². The first kappa shape index (κ1) is 13.7. The second kappa shape index (κ2) is 5.08. The van der Waals surface area contributed by atoms with Crippen LogP contribution in [0.1, 0.15) is 11.1 Å². The highest BCUT2D eigenvalue weighted by Gasteiger charge is 2.34. The van der Waals surface area contributed by atoms with E-state index in [-0.39, 0.29) is 15.7 Å². The van der Waals surface area contributed by atoms with Crippen LogP contribution in [0.2, 0.25) is 0 Å². The van der Waals surface area contributed by atoms with Gasteiger partial charge in [-0.1, -0.05) is 0 Å². The zero-order valence-electron chi connectivity index (χ0n) is 9.90. The van der Waals surface area contributed by atoms with E-state index in [0.29, 0.717) is 0 Å². The van der Waals surface area contributed by atoms with Crippen LogP contribution in [0.15, 0.2) is 40.6 Å². The number of rotatable bonds is 2. The van der Waals surface area contributed by atoms with Crippen molar-refractivity contribution in [1.82, 2.24) is 9.97 Å². The smallest absolute Gasteiger partial charge is 0.399 e. The summed E-state index contributed by atoms with van der Waals surface area (Å²) in [4.78, 5) is 7.98. The Bertz CT molecular complexity index is 582. The van der Waals surface area contributed by atoms with Crippen molar-refractivity contribution in [1.29, 1.82) is 0 Å². The van der Waals surface area contributed by atoms with Crippen LogP contribution >= 0.6 is 11.8 Å². The van der Waals surface area contributed by atoms with Crippen molar-refractivity contribution < 1.29 is 13.2 Å². The average Bonchev–Trinajstić information content (AvgIpc) is 2.33. The summed E-state index contributed by atoms with van der Waals surface area (Å²) in [5.41, 5.74) is 5.54. The van der Waals surface area contributed by atoms with Crippen molar-refractivity contribution in [2.75, 3.05) is 5.73 Å². The number of alkyl halides is 3. The Morgan fingerprint density at radius 2 is 1.79 bits per heavy atom. The third-order valence-corrected chi connectivity index (χ3v) is 3.24. The lowest BCUT2D eigenvalue weighted by Crippen LogP contribution is -2.07. The molecule has 0 saturated heterocycles. The van der Waals surface area contributed by atoms with E-state index in [2.05, 4.69) is 9.97 Å². The maximum atomic E-state index is 12.9. The largest absolute Gasteiger partial charge is 0.417 e. The monoisotopic (exact) mass is 285 g/mol. The molecule has 2 aromatic rings. The molecule has 100 valence electrons. The molecule has 0 fully saturated rings. The van der Waals surface area contributed by atoms with Crippen LogP contribution in [0.4, 0.5) is 18.9 Å². The van der Waals surface area contributed by atoms with Crippen molar-refractivity contribution in [3.63, 3.8) is 0 Å². The van der Waals surface area contributed by atoms with E-state index in [4.69, 9.17) is 5.73 Å². The van der Waals surface area contributed by atoms with Crippen LogP contribution in [-0.4, -0.2) is 9.97 Å². The lowest BCUT2D eigenvalue weighted by molar-refractivity contribution is -0.139. The van der Waals surface area contributed by atoms with Crippen LogP contribution in [0.25, 0.3) is 0 Å². The van der Waals surface area contributed by atoms with E-state index in [0.717, 1.165) is 23.4 Å². The molecule has 0 atom stereocenters. The molecule has 0 aliphatic heterocycles. The summed E-state index contributed by atoms with van der Waals surface area (Å²) in [6.45, 7) is 1.80. The zero-order valence-corrected chi connectivity index (χ0v) is 10.7. The molecule has 1 aromatic heterocycles. The quantitative estimate of drug-likeness (QED) is 0.677. The fourth-order valence-corrected chi connectivity index (χ4v) is 2.22. The first-order valence-electron chi connectivity index (χ1n) is 5.29. The van der Waals surface area contributed by atoms with Gasteiger partial charge < -0.3 is 5.73 Å². The number of hydrogen-bond donors (Lipinski definition) is 1. The highest BCUT2D eigenvalue weighted by atomic mass is 32.2. The van der Waals surface area contributed by atoms with Gasteiger partial charge in [0.25, 0.3) is 0 Å². The number of aromatic nitrogens is 2. The number of benzene rings is 1. The molecular weight excluding hydrogens is 275 g/mol. The second-order valence-corrected chi connectivity index (χ2v) is 4.91. The number of hydrogen-bond acceptors (Lipinski definition) is 4. The Balaban J connectivity index is 2.37. The van der Waals surface area contributed by atoms with Gasteiger partial charge in [0.05, 0.1) is 5.56 Å². The minimum atomic E-state index is -4.46. The summed E-state index contributed by atoms with van der Waals surface area (Å²) in [7, 11) is 0. The van der Waals surface area contributed by atoms with Gasteiger partial charge in [0.15, 0.2) is 5.16 Å². The van der Waals surface area contributed by atoms with Gasteiger partial charge in [0.2, 0.25) is 0 Å². The topological polar surface area (TPSA) is 51.8 Å². The number of nitrogens with zero attached hydrogens (tertiary/aromatic N) is 2. The number of nitrogen functional groups attached to an aromatic ring is 1. The van der Waals surface area contributed by atoms with Gasteiger partial charge >= 0.3 is 6.18 Å². The predicted octanol–water partition coefficient (Wildman–Crippen LogP) is 3.54. The van der Waals surface area contributed by atoms with Crippen LogP contribution in [0, 0.1) is 6.92 Å². The molecule has 0 radical (unpaired) electrons. The zero-order chi connectivity index (χ0) is 14.0. The van der Waals surface area contributed by atoms with Gasteiger partial charge in [-0.2, -0.15) is 13.2 Å². The minimum Gasteiger partial charge on any atom is -0.399 e. The SMILES string of the molecule is Cc1cnc(Sc2ccc(N)cc2C(F)(F)F)nc1. The van der Waals surface area contributed by atoms with E-state index in [1.54, 1.807) is 19.3 Å². The standard InChI is InChI=1S/C12H10F3N3S/c1-7-5-17-11(18-6-7)19-10-3-2-8(16)4-9(10)12(13,14)15/h2-6H,16H2,1H3. The molecule has 0 saturated carbocycles. The van der Waals surface area contributed by atoms with E-state index >= 15 is 0 Å². The molecule has 7 heteroatoms. The molecule has 19 heavy (non-hydrogen) atoms. The molecule has 2 rings (SSSR count). The molecule has 0 amide bonds. The third-order valence-electron chi connectivity index (χ3n) is 2.27. The van der Waals surface area contributed by atoms with E-state index < -0.39 is 11.7 Å². The Kier molecular flexibility index (Phi) is 3.66. The minimum absolute atomic E-state index is 0.0329. The summed E-state index contributed by atoms with van der Waals surface area (Å²) in [6, 6.07) is 3.66. The van der Waals surface area contributed by atoms with Gasteiger partial charge in [-0.15, -0.1) is 0 Å². The molecule has 1 aromatic carbocycles. The summed E-state index contributed by atoms with van der Waals surface area (Å²) >= 11 is 0.861. The molecular formula is C12H10F3N3S. The maximum Gasteiger partial charge on any atom is 0.417 e. The van der Waals surface area contributed by atoms with E-state index in [1.165, 1.54) is 12.1 Å². The van der Waals surface area contributed by atoms with Crippen LogP contribution in [0.5, 0.6) is 0 Å². The number of aryl methyl sites for hydroxylation is 1. The maximum absolute atomic E-state index is 12.9. The molecule has 0 aliphatic carbocycles. The first-order chi connectivity index (χ1) is 8.86. The fourth-order valence-electron chi connectivity index (χ4n) is 1.39. The molecule has 0 bridgehead atoms. The highest BCUT2D eigenvalue weighted by Crippen LogP contribution is 2.39. The molecule has 0 spiro atoms. The number of anilines is 1. The van der Waals surface area contributed by atoms with Gasteiger partial charge in [-0.05, 0) is 42.4 Å². The second-order valence-electron chi connectivity index (χ2n) is 3.90. The Labute approximate surface area is 112 Å². The predicted molar refractivity (Wildman–Crippen MR) is 66.7 cm³/mol. The third kappa shape index (κ3) is 3.37. The molecule has 2 N–H and O–H groups in total. The van der Waals surface area contributed by atoms with Crippen LogP contribution in [-0.2, 0) is 6.18 Å². The molecule has 1 heterocycles.